The molecule has 2 N–H and O–H groups in total. The smallest absolute Gasteiger partial charge is 0.287 e. The molecule has 3 aromatic carbocycles. The van der Waals surface area contributed by atoms with Crippen molar-refractivity contribution >= 4 is 26.6 Å². The van der Waals surface area contributed by atoms with Crippen LogP contribution in [0.25, 0.3) is 10.9 Å². The Morgan fingerprint density at radius 1 is 0.974 bits per heavy atom. The molecular formula is C30H28N2O6S. The van der Waals surface area contributed by atoms with Gasteiger partial charge in [-0.05, 0) is 60.5 Å². The van der Waals surface area contributed by atoms with Gasteiger partial charge in [0.15, 0.2) is 17.3 Å². The van der Waals surface area contributed by atoms with Gasteiger partial charge in [0.2, 0.25) is 14.9 Å². The molecule has 1 amide bonds. The molecule has 0 aliphatic carbocycles. The lowest BCUT2D eigenvalue weighted by molar-refractivity contribution is 0.0919. The van der Waals surface area contributed by atoms with E-state index in [0.29, 0.717) is 18.1 Å². The van der Waals surface area contributed by atoms with Crippen molar-refractivity contribution in [3.8, 4) is 11.5 Å². The van der Waals surface area contributed by atoms with E-state index < -0.39 is 15.7 Å². The van der Waals surface area contributed by atoms with E-state index in [1.165, 1.54) is 24.3 Å². The molecule has 0 fully saturated rings. The molecule has 39 heavy (non-hydrogen) atoms. The van der Waals surface area contributed by atoms with Gasteiger partial charge in [0, 0.05) is 29.6 Å². The van der Waals surface area contributed by atoms with E-state index >= 15 is 0 Å². The van der Waals surface area contributed by atoms with Crippen LogP contribution in [0.2, 0.25) is 0 Å². The molecule has 1 unspecified atom stereocenters. The van der Waals surface area contributed by atoms with Crippen molar-refractivity contribution in [3.05, 3.63) is 108 Å². The maximum absolute atomic E-state index is 13.1. The average Bonchev–Trinajstić information content (AvgIpc) is 3.63. The maximum atomic E-state index is 13.1. The highest BCUT2D eigenvalue weighted by molar-refractivity contribution is 7.91. The highest BCUT2D eigenvalue weighted by atomic mass is 32.2. The number of fused-ring (bicyclic) bond motifs is 1. The first-order chi connectivity index (χ1) is 18.9. The largest absolute Gasteiger partial charge is 0.493 e. The summed E-state index contributed by atoms with van der Waals surface area (Å²) in [7, 11) is -2.29. The molecular weight excluding hydrogens is 516 g/mol. The van der Waals surface area contributed by atoms with Crippen LogP contribution < -0.4 is 14.8 Å². The van der Waals surface area contributed by atoms with Crippen LogP contribution in [-0.4, -0.2) is 39.6 Å². The summed E-state index contributed by atoms with van der Waals surface area (Å²) >= 11 is 0. The summed E-state index contributed by atoms with van der Waals surface area (Å²) < 4.78 is 42.5. The number of aromatic nitrogens is 1. The third kappa shape index (κ3) is 5.26. The van der Waals surface area contributed by atoms with Crippen LogP contribution in [0.5, 0.6) is 11.5 Å². The third-order valence-electron chi connectivity index (χ3n) is 6.48. The number of methoxy groups -OCH3 is 1. The van der Waals surface area contributed by atoms with Crippen molar-refractivity contribution in [2.24, 2.45) is 0 Å². The van der Waals surface area contributed by atoms with Crippen molar-refractivity contribution in [3.63, 3.8) is 0 Å². The molecule has 8 nitrogen and oxygen atoms in total. The lowest BCUT2D eigenvalue weighted by Gasteiger charge is -2.20. The van der Waals surface area contributed by atoms with Crippen molar-refractivity contribution in [1.82, 2.24) is 10.3 Å². The summed E-state index contributed by atoms with van der Waals surface area (Å²) in [5, 5.41) is 3.66. The molecule has 0 spiro atoms. The summed E-state index contributed by atoms with van der Waals surface area (Å²) in [5.41, 5.74) is 2.87. The third-order valence-corrected chi connectivity index (χ3v) is 8.12. The molecule has 0 radical (unpaired) electrons. The number of H-pyrrole nitrogens is 1. The second kappa shape index (κ2) is 11.1. The number of nitrogens with one attached hydrogen (secondary N) is 2. The summed E-state index contributed by atoms with van der Waals surface area (Å²) in [4.78, 5) is 16.5. The summed E-state index contributed by atoms with van der Waals surface area (Å²) in [6.45, 7) is 2.63. The quantitative estimate of drug-likeness (QED) is 0.238. The highest BCUT2D eigenvalue weighted by Gasteiger charge is 2.25. The number of rotatable bonds is 10. The fraction of sp³-hybridized carbons (Fsp3) is 0.167. The van der Waals surface area contributed by atoms with Gasteiger partial charge in [-0.15, -0.1) is 0 Å². The molecule has 5 aromatic rings. The molecule has 2 aromatic heterocycles. The number of sulfone groups is 1. The normalized spacial score (nSPS) is 12.3. The summed E-state index contributed by atoms with van der Waals surface area (Å²) in [6.07, 6.45) is 1.93. The van der Waals surface area contributed by atoms with Crippen LogP contribution in [-0.2, 0) is 9.84 Å². The number of aromatic amines is 1. The van der Waals surface area contributed by atoms with Gasteiger partial charge >= 0.3 is 0 Å². The van der Waals surface area contributed by atoms with Crippen LogP contribution in [0.3, 0.4) is 0 Å². The molecule has 2 heterocycles. The van der Waals surface area contributed by atoms with Gasteiger partial charge in [-0.1, -0.05) is 42.5 Å². The van der Waals surface area contributed by atoms with E-state index in [9.17, 15) is 13.2 Å². The minimum absolute atomic E-state index is 0.0912. The second-order valence-electron chi connectivity index (χ2n) is 8.83. The monoisotopic (exact) mass is 544 g/mol. The maximum Gasteiger partial charge on any atom is 0.287 e. The highest BCUT2D eigenvalue weighted by Crippen LogP contribution is 2.36. The molecule has 0 saturated carbocycles. The number of hydrogen-bond donors (Lipinski definition) is 2. The molecule has 5 rings (SSSR count). The summed E-state index contributed by atoms with van der Waals surface area (Å²) in [6, 6.07) is 24.3. The Kier molecular flexibility index (Phi) is 7.42. The van der Waals surface area contributed by atoms with Gasteiger partial charge in [0.1, 0.15) is 0 Å². The average molecular weight is 545 g/mol. The van der Waals surface area contributed by atoms with Gasteiger partial charge in [0.05, 0.1) is 18.6 Å². The first-order valence-corrected chi connectivity index (χ1v) is 14.0. The van der Waals surface area contributed by atoms with Gasteiger partial charge in [-0.25, -0.2) is 8.42 Å². The number of carbonyl (C=O) groups excluding carboxylic acids is 1. The Labute approximate surface area is 226 Å². The number of furan rings is 1. The lowest BCUT2D eigenvalue weighted by Crippen LogP contribution is -2.28. The van der Waals surface area contributed by atoms with E-state index in [4.69, 9.17) is 13.9 Å². The van der Waals surface area contributed by atoms with Gasteiger partial charge in [-0.2, -0.15) is 0 Å². The fourth-order valence-corrected chi connectivity index (χ4v) is 5.74. The standard InChI is InChI=1S/C30H28N2O6S/c1-3-37-26-14-13-20(17-28(26)36-2)23(24-19-31-25-12-8-7-11-22(24)25)18-32-30(33)27-15-16-29(38-27)39(34,35)21-9-5-4-6-10-21/h4-17,19,23,31H,3,18H2,1-2H3,(H,32,33). The van der Waals surface area contributed by atoms with Crippen LogP contribution in [0.1, 0.15) is 34.5 Å². The first-order valence-electron chi connectivity index (χ1n) is 12.5. The fourth-order valence-electron chi connectivity index (χ4n) is 4.55. The van der Waals surface area contributed by atoms with Crippen LogP contribution in [0, 0.1) is 0 Å². The van der Waals surface area contributed by atoms with Crippen LogP contribution in [0.15, 0.2) is 106 Å². The van der Waals surface area contributed by atoms with E-state index in [2.05, 4.69) is 10.3 Å². The zero-order valence-electron chi connectivity index (χ0n) is 21.5. The number of amides is 1. The molecule has 0 aliphatic rings. The molecule has 1 atom stereocenters. The first kappa shape index (κ1) is 26.1. The Balaban J connectivity index is 1.43. The predicted molar refractivity (Wildman–Crippen MR) is 147 cm³/mol. The zero-order chi connectivity index (χ0) is 27.4. The number of benzene rings is 3. The summed E-state index contributed by atoms with van der Waals surface area (Å²) in [5.74, 6) is 0.358. The Bertz CT molecular complexity index is 1710. The van der Waals surface area contributed by atoms with Crippen LogP contribution >= 0.6 is 0 Å². The van der Waals surface area contributed by atoms with E-state index in [1.54, 1.807) is 25.3 Å². The van der Waals surface area contributed by atoms with Crippen molar-refractivity contribution < 1.29 is 27.1 Å². The lowest BCUT2D eigenvalue weighted by atomic mass is 9.90. The van der Waals surface area contributed by atoms with E-state index in [0.717, 1.165) is 22.0 Å². The van der Waals surface area contributed by atoms with E-state index in [-0.39, 0.29) is 28.2 Å². The molecule has 0 aliphatic heterocycles. The Morgan fingerprint density at radius 2 is 1.74 bits per heavy atom. The minimum Gasteiger partial charge on any atom is -0.493 e. The van der Waals surface area contributed by atoms with Gasteiger partial charge < -0.3 is 24.2 Å². The predicted octanol–water partition coefficient (Wildman–Crippen LogP) is 5.56. The minimum atomic E-state index is -3.88. The zero-order valence-corrected chi connectivity index (χ0v) is 22.3. The number of ether oxygens (including phenoxy) is 2. The second-order valence-corrected chi connectivity index (χ2v) is 10.7. The molecule has 200 valence electrons. The number of hydrogen-bond acceptors (Lipinski definition) is 6. The van der Waals surface area contributed by atoms with Gasteiger partial charge in [-0.3, -0.25) is 4.79 Å². The van der Waals surface area contributed by atoms with Crippen molar-refractivity contribution in [2.75, 3.05) is 20.3 Å². The Morgan fingerprint density at radius 3 is 2.51 bits per heavy atom. The SMILES string of the molecule is CCOc1ccc(C(CNC(=O)c2ccc(S(=O)(=O)c3ccccc3)o2)c2c[nH]c3ccccc23)cc1OC. The Hall–Kier alpha value is -4.50. The van der Waals surface area contributed by atoms with Crippen LogP contribution in [0.4, 0.5) is 0 Å². The van der Waals surface area contributed by atoms with Crippen molar-refractivity contribution in [1.29, 1.82) is 0 Å². The molecule has 9 heteroatoms. The number of carbonyl (C=O) groups is 1. The van der Waals surface area contributed by atoms with E-state index in [1.807, 2.05) is 55.6 Å². The number of para-hydroxylation sites is 1. The molecule has 0 bridgehead atoms. The molecule has 0 saturated heterocycles. The van der Waals surface area contributed by atoms with Crippen molar-refractivity contribution in [2.45, 2.75) is 22.8 Å². The van der Waals surface area contributed by atoms with Gasteiger partial charge in [0.25, 0.3) is 5.91 Å². The topological polar surface area (TPSA) is 111 Å².